The van der Waals surface area contributed by atoms with E-state index in [0.29, 0.717) is 6.61 Å². The van der Waals surface area contributed by atoms with E-state index < -0.39 is 0 Å². The summed E-state index contributed by atoms with van der Waals surface area (Å²) < 4.78 is 8.30. The fraction of sp³-hybridized carbons (Fsp3) is 0.208. The average Bonchev–Trinajstić information content (AvgIpc) is 3.04. The highest BCUT2D eigenvalue weighted by molar-refractivity contribution is 6.32. The van der Waals surface area contributed by atoms with Crippen molar-refractivity contribution in [2.75, 3.05) is 6.61 Å². The lowest BCUT2D eigenvalue weighted by Gasteiger charge is -2.13. The van der Waals surface area contributed by atoms with Crippen molar-refractivity contribution < 1.29 is 4.74 Å². The van der Waals surface area contributed by atoms with E-state index in [1.165, 1.54) is 5.56 Å². The van der Waals surface area contributed by atoms with Gasteiger partial charge < -0.3 is 9.30 Å². The van der Waals surface area contributed by atoms with E-state index in [-0.39, 0.29) is 0 Å². The molecule has 0 aliphatic carbocycles. The zero-order chi connectivity index (χ0) is 19.5. The summed E-state index contributed by atoms with van der Waals surface area (Å²) in [5, 5.41) is 0.804. The molecule has 142 valence electrons. The Morgan fingerprint density at radius 1 is 0.929 bits per heavy atom. The van der Waals surface area contributed by atoms with Gasteiger partial charge in [-0.25, -0.2) is 4.98 Å². The lowest BCUT2D eigenvalue weighted by molar-refractivity contribution is 0.298. The molecule has 0 atom stereocenters. The van der Waals surface area contributed by atoms with Gasteiger partial charge in [-0.05, 0) is 54.8 Å². The molecule has 1 heterocycles. The Bertz CT molecular complexity index is 1080. The number of ether oxygens (including phenoxy) is 1. The van der Waals surface area contributed by atoms with E-state index >= 15 is 0 Å². The first-order valence-corrected chi connectivity index (χ1v) is 9.87. The maximum absolute atomic E-state index is 6.26. The molecule has 0 amide bonds. The van der Waals surface area contributed by atoms with Gasteiger partial charge in [0.25, 0.3) is 0 Å². The third-order valence-corrected chi connectivity index (χ3v) is 5.53. The van der Waals surface area contributed by atoms with Gasteiger partial charge in [-0.2, -0.15) is 0 Å². The molecule has 0 aliphatic rings. The van der Waals surface area contributed by atoms with E-state index in [9.17, 15) is 0 Å². The molecule has 0 saturated carbocycles. The van der Waals surface area contributed by atoms with Crippen molar-refractivity contribution in [2.45, 2.75) is 26.8 Å². The molecule has 0 bridgehead atoms. The summed E-state index contributed by atoms with van der Waals surface area (Å²) in [5.74, 6) is 1.91. The maximum Gasteiger partial charge on any atom is 0.120 e. The zero-order valence-corrected chi connectivity index (χ0v) is 16.9. The van der Waals surface area contributed by atoms with Gasteiger partial charge in [0.1, 0.15) is 18.2 Å². The number of aryl methyl sites for hydroxylation is 2. The number of imidazole rings is 1. The Kier molecular flexibility index (Phi) is 5.36. The number of fused-ring (bicyclic) bond motifs is 1. The SMILES string of the molecule is Cc1cc(OCCn2c(Cc3ccccc3)nc3ccccc32)cc(C)c1Cl. The largest absolute Gasteiger partial charge is 0.492 e. The third kappa shape index (κ3) is 3.90. The van der Waals surface area contributed by atoms with Crippen molar-refractivity contribution in [1.29, 1.82) is 0 Å². The quantitative estimate of drug-likeness (QED) is 0.405. The van der Waals surface area contributed by atoms with E-state index in [1.807, 2.05) is 38.1 Å². The van der Waals surface area contributed by atoms with Crippen LogP contribution in [0.15, 0.2) is 66.7 Å². The summed E-state index contributed by atoms with van der Waals surface area (Å²) in [6.07, 6.45) is 0.800. The normalized spacial score (nSPS) is 11.1. The van der Waals surface area contributed by atoms with Crippen LogP contribution in [-0.4, -0.2) is 16.2 Å². The van der Waals surface area contributed by atoms with Crippen LogP contribution >= 0.6 is 11.6 Å². The molecular formula is C24H23ClN2O. The molecule has 3 nitrogen and oxygen atoms in total. The van der Waals surface area contributed by atoms with Gasteiger partial charge in [0.05, 0.1) is 17.6 Å². The molecule has 4 aromatic rings. The Labute approximate surface area is 170 Å². The highest BCUT2D eigenvalue weighted by atomic mass is 35.5. The maximum atomic E-state index is 6.26. The lowest BCUT2D eigenvalue weighted by atomic mass is 10.1. The molecule has 4 rings (SSSR count). The molecule has 0 aliphatic heterocycles. The lowest BCUT2D eigenvalue weighted by Crippen LogP contribution is -2.12. The third-order valence-electron chi connectivity index (χ3n) is 4.93. The van der Waals surface area contributed by atoms with Crippen LogP contribution < -0.4 is 4.74 Å². The highest BCUT2D eigenvalue weighted by Gasteiger charge is 2.11. The fourth-order valence-corrected chi connectivity index (χ4v) is 3.64. The number of rotatable bonds is 6. The Morgan fingerprint density at radius 3 is 2.36 bits per heavy atom. The Hall–Kier alpha value is -2.78. The van der Waals surface area contributed by atoms with Crippen molar-refractivity contribution in [2.24, 2.45) is 0 Å². The van der Waals surface area contributed by atoms with Crippen LogP contribution in [0.5, 0.6) is 5.75 Å². The van der Waals surface area contributed by atoms with Crippen LogP contribution in [0.1, 0.15) is 22.5 Å². The second-order valence-electron chi connectivity index (χ2n) is 7.05. The minimum Gasteiger partial charge on any atom is -0.492 e. The van der Waals surface area contributed by atoms with Crippen molar-refractivity contribution >= 4 is 22.6 Å². The van der Waals surface area contributed by atoms with E-state index in [1.54, 1.807) is 0 Å². The van der Waals surface area contributed by atoms with Crippen LogP contribution in [0.25, 0.3) is 11.0 Å². The minimum absolute atomic E-state index is 0.572. The molecule has 0 saturated heterocycles. The number of halogens is 1. The molecule has 0 unspecified atom stereocenters. The second-order valence-corrected chi connectivity index (χ2v) is 7.43. The fourth-order valence-electron chi connectivity index (χ4n) is 3.53. The van der Waals surface area contributed by atoms with Crippen molar-refractivity contribution in [1.82, 2.24) is 9.55 Å². The van der Waals surface area contributed by atoms with Gasteiger partial charge in [0, 0.05) is 11.4 Å². The molecule has 0 spiro atoms. The molecule has 0 radical (unpaired) electrons. The average molecular weight is 391 g/mol. The van der Waals surface area contributed by atoms with Gasteiger partial charge >= 0.3 is 0 Å². The molecule has 0 fully saturated rings. The van der Waals surface area contributed by atoms with E-state index in [0.717, 1.165) is 51.7 Å². The Balaban J connectivity index is 1.56. The van der Waals surface area contributed by atoms with Crippen molar-refractivity contribution in [3.63, 3.8) is 0 Å². The van der Waals surface area contributed by atoms with Crippen LogP contribution in [0.2, 0.25) is 5.02 Å². The topological polar surface area (TPSA) is 27.1 Å². The number of para-hydroxylation sites is 2. The number of hydrogen-bond donors (Lipinski definition) is 0. The van der Waals surface area contributed by atoms with Crippen LogP contribution in [-0.2, 0) is 13.0 Å². The molecule has 1 aromatic heterocycles. The first kappa shape index (κ1) is 18.6. The standard InChI is InChI=1S/C24H23ClN2O/c1-17-14-20(15-18(2)24(17)25)28-13-12-27-22-11-7-6-10-21(22)26-23(27)16-19-8-4-3-5-9-19/h3-11,14-15H,12-13,16H2,1-2H3. The summed E-state index contributed by atoms with van der Waals surface area (Å²) in [6.45, 7) is 5.32. The van der Waals surface area contributed by atoms with Gasteiger partial charge in [-0.15, -0.1) is 0 Å². The van der Waals surface area contributed by atoms with E-state index in [4.69, 9.17) is 21.3 Å². The molecular weight excluding hydrogens is 368 g/mol. The number of nitrogens with zero attached hydrogens (tertiary/aromatic N) is 2. The molecule has 4 heteroatoms. The second kappa shape index (κ2) is 8.07. The minimum atomic E-state index is 0.572. The summed E-state index contributed by atoms with van der Waals surface area (Å²) in [7, 11) is 0. The molecule has 28 heavy (non-hydrogen) atoms. The van der Waals surface area contributed by atoms with Crippen LogP contribution in [0, 0.1) is 13.8 Å². The van der Waals surface area contributed by atoms with Gasteiger partial charge in [-0.3, -0.25) is 0 Å². The summed E-state index contributed by atoms with van der Waals surface area (Å²) in [5.41, 5.74) is 5.49. The summed E-state index contributed by atoms with van der Waals surface area (Å²) in [4.78, 5) is 4.86. The summed E-state index contributed by atoms with van der Waals surface area (Å²) >= 11 is 6.26. The first-order valence-electron chi connectivity index (χ1n) is 9.49. The predicted molar refractivity (Wildman–Crippen MR) is 115 cm³/mol. The monoisotopic (exact) mass is 390 g/mol. The van der Waals surface area contributed by atoms with Gasteiger partial charge in [0.15, 0.2) is 0 Å². The zero-order valence-electron chi connectivity index (χ0n) is 16.2. The highest BCUT2D eigenvalue weighted by Crippen LogP contribution is 2.26. The first-order chi connectivity index (χ1) is 13.6. The number of benzene rings is 3. The smallest absolute Gasteiger partial charge is 0.120 e. The van der Waals surface area contributed by atoms with Gasteiger partial charge in [-0.1, -0.05) is 54.1 Å². The van der Waals surface area contributed by atoms with E-state index in [2.05, 4.69) is 47.0 Å². The number of hydrogen-bond acceptors (Lipinski definition) is 2. The predicted octanol–water partition coefficient (Wildman–Crippen LogP) is 5.98. The van der Waals surface area contributed by atoms with Crippen LogP contribution in [0.4, 0.5) is 0 Å². The van der Waals surface area contributed by atoms with Crippen LogP contribution in [0.3, 0.4) is 0 Å². The summed E-state index contributed by atoms with van der Waals surface area (Å²) in [6, 6.07) is 22.7. The number of aromatic nitrogens is 2. The Morgan fingerprint density at radius 2 is 1.61 bits per heavy atom. The van der Waals surface area contributed by atoms with Gasteiger partial charge in [0.2, 0.25) is 0 Å². The van der Waals surface area contributed by atoms with Crippen molar-refractivity contribution in [3.05, 3.63) is 94.3 Å². The van der Waals surface area contributed by atoms with Crippen molar-refractivity contribution in [3.8, 4) is 5.75 Å². The molecule has 0 N–H and O–H groups in total. The molecule has 3 aromatic carbocycles.